The molecule has 1 amide bonds. The van der Waals surface area contributed by atoms with Crippen molar-refractivity contribution in [1.82, 2.24) is 5.43 Å². The van der Waals surface area contributed by atoms with E-state index < -0.39 is 11.8 Å². The Morgan fingerprint density at radius 1 is 1.00 bits per heavy atom. The smallest absolute Gasteiger partial charge is 0.314 e. The molecule has 2 rings (SSSR count). The van der Waals surface area contributed by atoms with Crippen LogP contribution in [0.15, 0.2) is 65.8 Å². The topological polar surface area (TPSA) is 67.8 Å². The number of benzene rings is 2. The number of carbonyl (C=O) groups excluding carboxylic acids is 2. The molecule has 136 valence electrons. The molecule has 2 aromatic rings. The molecule has 0 aliphatic rings. The van der Waals surface area contributed by atoms with Crippen molar-refractivity contribution in [3.05, 3.63) is 71.8 Å². The third-order valence-corrected chi connectivity index (χ3v) is 4.14. The molecule has 26 heavy (non-hydrogen) atoms. The number of rotatable bonds is 7. The first-order valence-corrected chi connectivity index (χ1v) is 8.65. The molecule has 0 fully saturated rings. The van der Waals surface area contributed by atoms with Crippen LogP contribution in [-0.2, 0) is 14.3 Å². The lowest BCUT2D eigenvalue weighted by Crippen LogP contribution is -2.29. The molecule has 0 saturated heterocycles. The Bertz CT molecular complexity index is 718. The number of carbonyl (C=O) groups is 2. The van der Waals surface area contributed by atoms with Crippen molar-refractivity contribution in [1.29, 1.82) is 0 Å². The van der Waals surface area contributed by atoms with Crippen molar-refractivity contribution in [2.24, 2.45) is 11.0 Å². The molecule has 1 N–H and O–H groups in total. The molecule has 0 radical (unpaired) electrons. The molecule has 0 spiro atoms. The van der Waals surface area contributed by atoms with E-state index in [4.69, 9.17) is 4.74 Å². The van der Waals surface area contributed by atoms with E-state index in [2.05, 4.69) is 10.5 Å². The zero-order valence-corrected chi connectivity index (χ0v) is 15.3. The average molecular weight is 352 g/mol. The van der Waals surface area contributed by atoms with Crippen LogP contribution in [-0.4, -0.2) is 24.2 Å². The molecular formula is C21H24N2O3. The summed E-state index contributed by atoms with van der Waals surface area (Å²) in [4.78, 5) is 24.6. The van der Waals surface area contributed by atoms with Gasteiger partial charge in [0, 0.05) is 5.71 Å². The van der Waals surface area contributed by atoms with Crippen molar-refractivity contribution in [3.8, 4) is 0 Å². The Balaban J connectivity index is 2.20. The number of nitrogens with one attached hydrogen (secondary N) is 1. The molecule has 0 aliphatic carbocycles. The zero-order chi connectivity index (χ0) is 18.9. The molecule has 5 nitrogen and oxygen atoms in total. The highest BCUT2D eigenvalue weighted by Gasteiger charge is 2.23. The fourth-order valence-corrected chi connectivity index (χ4v) is 2.53. The van der Waals surface area contributed by atoms with E-state index >= 15 is 0 Å². The van der Waals surface area contributed by atoms with Gasteiger partial charge in [-0.25, -0.2) is 5.43 Å². The normalized spacial score (nSPS) is 12.5. The molecule has 0 heterocycles. The van der Waals surface area contributed by atoms with Crippen LogP contribution in [0.25, 0.3) is 0 Å². The van der Waals surface area contributed by atoms with Gasteiger partial charge < -0.3 is 4.74 Å². The van der Waals surface area contributed by atoms with Crippen LogP contribution in [0.1, 0.15) is 37.8 Å². The third-order valence-electron chi connectivity index (χ3n) is 4.14. The van der Waals surface area contributed by atoms with Crippen molar-refractivity contribution >= 4 is 17.6 Å². The van der Waals surface area contributed by atoms with Gasteiger partial charge in [-0.1, -0.05) is 60.7 Å². The Labute approximate surface area is 154 Å². The van der Waals surface area contributed by atoms with Gasteiger partial charge in [-0.15, -0.1) is 0 Å². The molecule has 1 atom stereocenters. The summed E-state index contributed by atoms with van der Waals surface area (Å²) < 4.78 is 4.99. The van der Waals surface area contributed by atoms with Gasteiger partial charge >= 0.3 is 5.97 Å². The molecule has 0 aromatic heterocycles. The quantitative estimate of drug-likeness (QED) is 0.471. The van der Waals surface area contributed by atoms with Crippen LogP contribution in [0.4, 0.5) is 0 Å². The molecule has 1 unspecified atom stereocenters. The van der Waals surface area contributed by atoms with Gasteiger partial charge in [-0.05, 0) is 31.9 Å². The van der Waals surface area contributed by atoms with Crippen LogP contribution in [0.2, 0.25) is 0 Å². The molecule has 0 bridgehead atoms. The summed E-state index contributed by atoms with van der Waals surface area (Å²) in [5, 5.41) is 4.12. The first-order chi connectivity index (χ1) is 12.5. The highest BCUT2D eigenvalue weighted by atomic mass is 16.5. The summed E-state index contributed by atoms with van der Waals surface area (Å²) >= 11 is 0. The van der Waals surface area contributed by atoms with Crippen molar-refractivity contribution < 1.29 is 14.3 Å². The summed E-state index contributed by atoms with van der Waals surface area (Å²) in [7, 11) is 0. The second kappa shape index (κ2) is 9.51. The maximum absolute atomic E-state index is 12.8. The Hall–Kier alpha value is -2.95. The Morgan fingerprint density at radius 2 is 1.50 bits per heavy atom. The van der Waals surface area contributed by atoms with E-state index in [-0.39, 0.29) is 11.9 Å². The van der Waals surface area contributed by atoms with Crippen LogP contribution < -0.4 is 5.43 Å². The molecule has 0 saturated carbocycles. The highest BCUT2D eigenvalue weighted by molar-refractivity contribution is 6.01. The molecule has 2 aromatic carbocycles. The monoisotopic (exact) mass is 352 g/mol. The lowest BCUT2D eigenvalue weighted by molar-refractivity contribution is -0.145. The fraction of sp³-hybridized carbons (Fsp3) is 0.286. The van der Waals surface area contributed by atoms with Gasteiger partial charge in [0.05, 0.1) is 18.4 Å². The SMILES string of the molecule is CCOC(=O)C(C)C(C)=NNC(=O)C(c1ccccc1)c1ccccc1. The largest absolute Gasteiger partial charge is 0.465 e. The summed E-state index contributed by atoms with van der Waals surface area (Å²) in [6.07, 6.45) is 0. The van der Waals surface area contributed by atoms with Crippen LogP contribution in [0.5, 0.6) is 0 Å². The van der Waals surface area contributed by atoms with Crippen molar-refractivity contribution in [2.75, 3.05) is 6.61 Å². The maximum atomic E-state index is 12.8. The van der Waals surface area contributed by atoms with E-state index in [9.17, 15) is 9.59 Å². The maximum Gasteiger partial charge on any atom is 0.314 e. The van der Waals surface area contributed by atoms with E-state index in [1.165, 1.54) is 0 Å². The predicted molar refractivity (Wildman–Crippen MR) is 102 cm³/mol. The predicted octanol–water partition coefficient (Wildman–Crippen LogP) is 3.51. The molecular weight excluding hydrogens is 328 g/mol. The van der Waals surface area contributed by atoms with Crippen molar-refractivity contribution in [2.45, 2.75) is 26.7 Å². The second-order valence-electron chi connectivity index (χ2n) is 5.96. The first kappa shape index (κ1) is 19.4. The second-order valence-corrected chi connectivity index (χ2v) is 5.96. The molecule has 0 aliphatic heterocycles. The number of hydrogen-bond acceptors (Lipinski definition) is 4. The van der Waals surface area contributed by atoms with Gasteiger partial charge in [-0.2, -0.15) is 5.10 Å². The van der Waals surface area contributed by atoms with E-state index in [0.29, 0.717) is 12.3 Å². The Morgan fingerprint density at radius 3 is 1.96 bits per heavy atom. The van der Waals surface area contributed by atoms with Gasteiger partial charge in [0.15, 0.2) is 0 Å². The van der Waals surface area contributed by atoms with Gasteiger partial charge in [0.2, 0.25) is 0 Å². The van der Waals surface area contributed by atoms with Gasteiger partial charge in [-0.3, -0.25) is 9.59 Å². The number of ether oxygens (including phenoxy) is 1. The number of esters is 1. The summed E-state index contributed by atoms with van der Waals surface area (Å²) in [5.74, 6) is -1.60. The lowest BCUT2D eigenvalue weighted by Gasteiger charge is -2.17. The first-order valence-electron chi connectivity index (χ1n) is 8.65. The van der Waals surface area contributed by atoms with E-state index in [1.54, 1.807) is 20.8 Å². The minimum Gasteiger partial charge on any atom is -0.465 e. The van der Waals surface area contributed by atoms with Gasteiger partial charge in [0.25, 0.3) is 5.91 Å². The summed E-state index contributed by atoms with van der Waals surface area (Å²) in [6.45, 7) is 5.47. The summed E-state index contributed by atoms with van der Waals surface area (Å²) in [6, 6.07) is 19.1. The number of nitrogens with zero attached hydrogens (tertiary/aromatic N) is 1. The van der Waals surface area contributed by atoms with E-state index in [0.717, 1.165) is 11.1 Å². The van der Waals surface area contributed by atoms with Crippen molar-refractivity contribution in [3.63, 3.8) is 0 Å². The zero-order valence-electron chi connectivity index (χ0n) is 15.3. The minimum atomic E-state index is -0.512. The fourth-order valence-electron chi connectivity index (χ4n) is 2.53. The minimum absolute atomic E-state index is 0.252. The highest BCUT2D eigenvalue weighted by Crippen LogP contribution is 2.24. The number of hydrogen-bond donors (Lipinski definition) is 1. The van der Waals surface area contributed by atoms with Gasteiger partial charge in [0.1, 0.15) is 0 Å². The Kier molecular flexibility index (Phi) is 7.09. The van der Waals surface area contributed by atoms with Crippen LogP contribution in [0.3, 0.4) is 0 Å². The number of amides is 1. The third kappa shape index (κ3) is 5.02. The number of hydrazone groups is 1. The van der Waals surface area contributed by atoms with E-state index in [1.807, 2.05) is 60.7 Å². The van der Waals surface area contributed by atoms with Crippen LogP contribution in [0, 0.1) is 5.92 Å². The van der Waals surface area contributed by atoms with Crippen LogP contribution >= 0.6 is 0 Å². The molecule has 5 heteroatoms. The lowest BCUT2D eigenvalue weighted by atomic mass is 9.91. The summed E-state index contributed by atoms with van der Waals surface area (Å²) in [5.41, 5.74) is 4.85. The average Bonchev–Trinajstić information content (AvgIpc) is 2.67. The standard InChI is InChI=1S/C21H24N2O3/c1-4-26-21(25)15(2)16(3)22-23-20(24)19(17-11-7-5-8-12-17)18-13-9-6-10-14-18/h5-15,19H,4H2,1-3H3,(H,23,24).